The molecule has 0 radical (unpaired) electrons. The van der Waals surface area contributed by atoms with Crippen LogP contribution in [0.3, 0.4) is 0 Å². The topological polar surface area (TPSA) is 17.1 Å². The average Bonchev–Trinajstić information content (AvgIpc) is 2.42. The van der Waals surface area contributed by atoms with E-state index in [1.54, 1.807) is 18.2 Å². The molecular formula is C18H21FOS. The minimum atomic E-state index is -1.14. The molecule has 0 aliphatic carbocycles. The van der Waals surface area contributed by atoms with Gasteiger partial charge in [0.1, 0.15) is 5.82 Å². The van der Waals surface area contributed by atoms with Gasteiger partial charge in [0.05, 0.1) is 5.25 Å². The second-order valence-corrected chi connectivity index (χ2v) is 7.32. The van der Waals surface area contributed by atoms with Crippen molar-refractivity contribution in [2.24, 2.45) is 0 Å². The van der Waals surface area contributed by atoms with Crippen LogP contribution in [-0.2, 0) is 16.6 Å². The van der Waals surface area contributed by atoms with E-state index in [0.29, 0.717) is 11.3 Å². The SMILES string of the molecule is Cc1cc(C)c(C[S@@](=O)[C@H](C)c2ccccc2F)c(C)c1. The fourth-order valence-electron chi connectivity index (χ4n) is 2.65. The number of halogens is 1. The standard InChI is InChI=1S/C18H21FOS/c1-12-9-13(2)17(14(3)10-12)11-21(20)15(4)16-7-5-6-8-18(16)19/h5-10,15H,11H2,1-4H3/t15-,21-/m1/s1. The van der Waals surface area contributed by atoms with E-state index in [4.69, 9.17) is 0 Å². The molecule has 0 unspecified atom stereocenters. The molecule has 0 saturated carbocycles. The third kappa shape index (κ3) is 3.59. The van der Waals surface area contributed by atoms with Crippen molar-refractivity contribution in [3.63, 3.8) is 0 Å². The molecular weight excluding hydrogens is 283 g/mol. The van der Waals surface area contributed by atoms with Crippen LogP contribution in [0.1, 0.15) is 40.0 Å². The highest BCUT2D eigenvalue weighted by atomic mass is 32.2. The second kappa shape index (κ2) is 6.52. The summed E-state index contributed by atoms with van der Waals surface area (Å²) in [5.41, 5.74) is 5.16. The van der Waals surface area contributed by atoms with Gasteiger partial charge in [0, 0.05) is 22.1 Å². The van der Waals surface area contributed by atoms with Gasteiger partial charge in [-0.2, -0.15) is 0 Å². The summed E-state index contributed by atoms with van der Waals surface area (Å²) in [7, 11) is -1.14. The van der Waals surface area contributed by atoms with Crippen LogP contribution in [0.15, 0.2) is 36.4 Å². The Balaban J connectivity index is 2.25. The summed E-state index contributed by atoms with van der Waals surface area (Å²) in [5.74, 6) is 0.184. The maximum atomic E-state index is 13.8. The normalized spacial score (nSPS) is 14.0. The van der Waals surface area contributed by atoms with E-state index >= 15 is 0 Å². The van der Waals surface area contributed by atoms with Crippen molar-refractivity contribution >= 4 is 10.8 Å². The van der Waals surface area contributed by atoms with E-state index in [9.17, 15) is 8.60 Å². The van der Waals surface area contributed by atoms with Gasteiger partial charge in [0.2, 0.25) is 0 Å². The molecule has 2 aromatic rings. The van der Waals surface area contributed by atoms with Gasteiger partial charge >= 0.3 is 0 Å². The Morgan fingerprint density at radius 1 is 1.10 bits per heavy atom. The molecule has 0 N–H and O–H groups in total. The molecule has 0 bridgehead atoms. The monoisotopic (exact) mass is 304 g/mol. The zero-order chi connectivity index (χ0) is 15.6. The summed E-state index contributed by atoms with van der Waals surface area (Å²) in [6.07, 6.45) is 0. The molecule has 21 heavy (non-hydrogen) atoms. The molecule has 0 amide bonds. The van der Waals surface area contributed by atoms with Crippen LogP contribution in [0.2, 0.25) is 0 Å². The first-order chi connectivity index (χ1) is 9.90. The number of hydrogen-bond acceptors (Lipinski definition) is 1. The maximum Gasteiger partial charge on any atom is 0.127 e. The van der Waals surface area contributed by atoms with E-state index in [1.165, 1.54) is 11.6 Å². The van der Waals surface area contributed by atoms with Gasteiger partial charge in [-0.05, 0) is 50.5 Å². The summed E-state index contributed by atoms with van der Waals surface area (Å²) >= 11 is 0. The van der Waals surface area contributed by atoms with E-state index in [-0.39, 0.29) is 11.1 Å². The highest BCUT2D eigenvalue weighted by Crippen LogP contribution is 2.26. The third-order valence-corrected chi connectivity index (χ3v) is 5.48. The molecule has 2 rings (SSSR count). The molecule has 0 aliphatic heterocycles. The van der Waals surface area contributed by atoms with Crippen molar-refractivity contribution in [2.75, 3.05) is 0 Å². The van der Waals surface area contributed by atoms with Crippen LogP contribution >= 0.6 is 0 Å². The van der Waals surface area contributed by atoms with Crippen molar-refractivity contribution in [2.45, 2.75) is 38.7 Å². The molecule has 0 heterocycles. The molecule has 0 saturated heterocycles. The van der Waals surface area contributed by atoms with Crippen LogP contribution < -0.4 is 0 Å². The van der Waals surface area contributed by atoms with Gasteiger partial charge in [0.25, 0.3) is 0 Å². The Bertz CT molecular complexity index is 656. The van der Waals surface area contributed by atoms with Crippen LogP contribution in [-0.4, -0.2) is 4.21 Å². The quantitative estimate of drug-likeness (QED) is 0.796. The highest BCUT2D eigenvalue weighted by molar-refractivity contribution is 7.84. The Morgan fingerprint density at radius 2 is 1.67 bits per heavy atom. The first-order valence-corrected chi connectivity index (χ1v) is 8.46. The number of hydrogen-bond donors (Lipinski definition) is 0. The van der Waals surface area contributed by atoms with Crippen LogP contribution in [0.5, 0.6) is 0 Å². The summed E-state index contributed by atoms with van der Waals surface area (Å²) in [5, 5.41) is -0.314. The smallest absolute Gasteiger partial charge is 0.127 e. The largest absolute Gasteiger partial charge is 0.259 e. The Labute approximate surface area is 128 Å². The lowest BCUT2D eigenvalue weighted by Gasteiger charge is -2.16. The van der Waals surface area contributed by atoms with E-state index < -0.39 is 10.8 Å². The molecule has 2 atom stereocenters. The molecule has 0 aromatic heterocycles. The zero-order valence-corrected chi connectivity index (χ0v) is 13.8. The lowest BCUT2D eigenvalue weighted by molar-refractivity contribution is 0.606. The Morgan fingerprint density at radius 3 is 2.24 bits per heavy atom. The molecule has 0 aliphatic rings. The highest BCUT2D eigenvalue weighted by Gasteiger charge is 2.18. The summed E-state index contributed by atoms with van der Waals surface area (Å²) < 4.78 is 26.4. The van der Waals surface area contributed by atoms with Crippen molar-refractivity contribution in [3.8, 4) is 0 Å². The molecule has 0 spiro atoms. The molecule has 0 fully saturated rings. The Kier molecular flexibility index (Phi) is 4.94. The van der Waals surface area contributed by atoms with Crippen LogP contribution in [0, 0.1) is 26.6 Å². The van der Waals surface area contributed by atoms with Gasteiger partial charge < -0.3 is 0 Å². The molecule has 2 aromatic carbocycles. The fraction of sp³-hybridized carbons (Fsp3) is 0.333. The Hall–Kier alpha value is -1.48. The van der Waals surface area contributed by atoms with Gasteiger partial charge in [-0.15, -0.1) is 0 Å². The van der Waals surface area contributed by atoms with Crippen LogP contribution in [0.25, 0.3) is 0 Å². The first kappa shape index (κ1) is 15.9. The van der Waals surface area contributed by atoms with Crippen molar-refractivity contribution in [1.29, 1.82) is 0 Å². The van der Waals surface area contributed by atoms with E-state index in [1.807, 2.05) is 20.8 Å². The molecule has 1 nitrogen and oxygen atoms in total. The average molecular weight is 304 g/mol. The van der Waals surface area contributed by atoms with Gasteiger partial charge in [-0.1, -0.05) is 35.9 Å². The zero-order valence-electron chi connectivity index (χ0n) is 12.9. The lowest BCUT2D eigenvalue weighted by atomic mass is 10.0. The number of rotatable bonds is 4. The molecule has 112 valence electrons. The predicted octanol–water partition coefficient (Wildman–Crippen LogP) is 4.76. The minimum absolute atomic E-state index is 0.282. The number of benzene rings is 2. The van der Waals surface area contributed by atoms with E-state index in [2.05, 4.69) is 19.1 Å². The third-order valence-electron chi connectivity index (χ3n) is 3.86. The summed E-state index contributed by atoms with van der Waals surface area (Å²) in [4.78, 5) is 0. The summed E-state index contributed by atoms with van der Waals surface area (Å²) in [6, 6.07) is 10.8. The van der Waals surface area contributed by atoms with Gasteiger partial charge in [-0.3, -0.25) is 4.21 Å². The lowest BCUT2D eigenvalue weighted by Crippen LogP contribution is -2.09. The second-order valence-electron chi connectivity index (χ2n) is 5.57. The summed E-state index contributed by atoms with van der Waals surface area (Å²) in [6.45, 7) is 7.97. The predicted molar refractivity (Wildman–Crippen MR) is 87.3 cm³/mol. The fourth-order valence-corrected chi connectivity index (χ4v) is 4.12. The van der Waals surface area contributed by atoms with Crippen molar-refractivity contribution < 1.29 is 8.60 Å². The minimum Gasteiger partial charge on any atom is -0.259 e. The van der Waals surface area contributed by atoms with Crippen molar-refractivity contribution in [1.82, 2.24) is 0 Å². The maximum absolute atomic E-state index is 13.8. The van der Waals surface area contributed by atoms with Crippen molar-refractivity contribution in [3.05, 3.63) is 70.0 Å². The number of aryl methyl sites for hydroxylation is 3. The van der Waals surface area contributed by atoms with Gasteiger partial charge in [-0.25, -0.2) is 4.39 Å². The van der Waals surface area contributed by atoms with Gasteiger partial charge in [0.15, 0.2) is 0 Å². The molecule has 3 heteroatoms. The first-order valence-electron chi connectivity index (χ1n) is 7.08. The van der Waals surface area contributed by atoms with Crippen LogP contribution in [0.4, 0.5) is 4.39 Å². The van der Waals surface area contributed by atoms with E-state index in [0.717, 1.165) is 16.7 Å².